The van der Waals surface area contributed by atoms with E-state index in [4.69, 9.17) is 28.4 Å². The zero-order chi connectivity index (χ0) is 24.8. The van der Waals surface area contributed by atoms with Gasteiger partial charge in [0.1, 0.15) is 30.6 Å². The number of carbonyl (C=O) groups is 3. The molecule has 0 saturated carbocycles. The van der Waals surface area contributed by atoms with Crippen molar-refractivity contribution in [2.45, 2.75) is 13.8 Å². The van der Waals surface area contributed by atoms with Crippen LogP contribution in [-0.4, -0.2) is 44.7 Å². The fraction of sp³-hybridized carbons (Fsp3) is 0.250. The molecule has 2 aromatic carbocycles. The summed E-state index contributed by atoms with van der Waals surface area (Å²) in [4.78, 5) is 35.7. The standard InChI is InChI=1S/C24H23NO9/c1-3-29-23(27)33-20-11-10-17(15-21(20)34-24(28)30-4-2)14-18(16-25)22(26)32-13-12-31-19-8-6-5-7-9-19/h5-11,14-15H,3-4,12-13H2,1-2H3. The van der Waals surface area contributed by atoms with E-state index < -0.39 is 18.3 Å². The van der Waals surface area contributed by atoms with Crippen molar-refractivity contribution in [1.82, 2.24) is 0 Å². The number of ether oxygens (including phenoxy) is 6. The molecule has 0 N–H and O–H groups in total. The Kier molecular flexibility index (Phi) is 10.4. The van der Waals surface area contributed by atoms with Gasteiger partial charge in [0, 0.05) is 0 Å². The molecule has 0 heterocycles. The van der Waals surface area contributed by atoms with Crippen molar-refractivity contribution >= 4 is 24.4 Å². The molecule has 0 unspecified atom stereocenters. The summed E-state index contributed by atoms with van der Waals surface area (Å²) in [5.41, 5.74) is -0.00889. The molecule has 2 aromatic rings. The molecule has 34 heavy (non-hydrogen) atoms. The van der Waals surface area contributed by atoms with Crippen LogP contribution >= 0.6 is 0 Å². The lowest BCUT2D eigenvalue weighted by Gasteiger charge is -2.11. The van der Waals surface area contributed by atoms with Crippen LogP contribution in [-0.2, 0) is 19.0 Å². The minimum Gasteiger partial charge on any atom is -0.490 e. The SMILES string of the molecule is CCOC(=O)Oc1ccc(C=C(C#N)C(=O)OCCOc2ccccc2)cc1OC(=O)OCC. The topological polar surface area (TPSA) is 130 Å². The molecular formula is C24H23NO9. The Morgan fingerprint density at radius 1 is 0.853 bits per heavy atom. The molecule has 0 saturated heterocycles. The smallest absolute Gasteiger partial charge is 0.490 e. The van der Waals surface area contributed by atoms with Crippen LogP contribution in [0.2, 0.25) is 0 Å². The monoisotopic (exact) mass is 469 g/mol. The molecule has 178 valence electrons. The van der Waals surface area contributed by atoms with Crippen molar-refractivity contribution in [2.75, 3.05) is 26.4 Å². The molecule has 0 atom stereocenters. The summed E-state index contributed by atoms with van der Waals surface area (Å²) in [6.45, 7) is 3.36. The van der Waals surface area contributed by atoms with E-state index in [2.05, 4.69) is 0 Å². The molecule has 0 aliphatic rings. The molecule has 0 amide bonds. The van der Waals surface area contributed by atoms with Crippen LogP contribution in [0.15, 0.2) is 54.1 Å². The first-order chi connectivity index (χ1) is 16.5. The first kappa shape index (κ1) is 25.7. The van der Waals surface area contributed by atoms with E-state index in [-0.39, 0.29) is 43.5 Å². The number of nitriles is 1. The second-order valence-electron chi connectivity index (χ2n) is 6.24. The quantitative estimate of drug-likeness (QED) is 0.124. The number of para-hydroxylation sites is 1. The fourth-order valence-corrected chi connectivity index (χ4v) is 2.44. The zero-order valence-corrected chi connectivity index (χ0v) is 18.6. The molecule has 2 rings (SSSR count). The fourth-order valence-electron chi connectivity index (χ4n) is 2.44. The maximum Gasteiger partial charge on any atom is 0.513 e. The highest BCUT2D eigenvalue weighted by molar-refractivity contribution is 5.98. The normalized spacial score (nSPS) is 10.4. The summed E-state index contributed by atoms with van der Waals surface area (Å²) in [5.74, 6) is -0.544. The average Bonchev–Trinajstić information content (AvgIpc) is 2.82. The van der Waals surface area contributed by atoms with Gasteiger partial charge in [-0.2, -0.15) is 5.26 Å². The average molecular weight is 469 g/mol. The summed E-state index contributed by atoms with van der Waals surface area (Å²) >= 11 is 0. The molecule has 10 nitrogen and oxygen atoms in total. The molecule has 0 aromatic heterocycles. The first-order valence-electron chi connectivity index (χ1n) is 10.3. The van der Waals surface area contributed by atoms with Crippen LogP contribution in [0.1, 0.15) is 19.4 Å². The van der Waals surface area contributed by atoms with Gasteiger partial charge in [-0.3, -0.25) is 0 Å². The lowest BCUT2D eigenvalue weighted by Crippen LogP contribution is -2.14. The highest BCUT2D eigenvalue weighted by Gasteiger charge is 2.17. The van der Waals surface area contributed by atoms with E-state index in [0.29, 0.717) is 11.3 Å². The summed E-state index contributed by atoms with van der Waals surface area (Å²) in [5, 5.41) is 9.37. The first-order valence-corrected chi connectivity index (χ1v) is 10.3. The van der Waals surface area contributed by atoms with Gasteiger partial charge < -0.3 is 28.4 Å². The highest BCUT2D eigenvalue weighted by atomic mass is 16.7. The third-order valence-corrected chi connectivity index (χ3v) is 3.86. The molecule has 10 heteroatoms. The molecule has 0 radical (unpaired) electrons. The number of hydrogen-bond acceptors (Lipinski definition) is 10. The van der Waals surface area contributed by atoms with Crippen molar-refractivity contribution < 1.29 is 42.8 Å². The van der Waals surface area contributed by atoms with Crippen molar-refractivity contribution in [1.29, 1.82) is 5.26 Å². The number of benzene rings is 2. The van der Waals surface area contributed by atoms with Gasteiger partial charge in [-0.15, -0.1) is 0 Å². The molecule has 0 bridgehead atoms. The minimum atomic E-state index is -1.03. The van der Waals surface area contributed by atoms with E-state index in [1.54, 1.807) is 44.2 Å². The summed E-state index contributed by atoms with van der Waals surface area (Å²) < 4.78 is 30.0. The van der Waals surface area contributed by atoms with Crippen molar-refractivity contribution in [3.05, 3.63) is 59.7 Å². The molecule has 0 spiro atoms. The van der Waals surface area contributed by atoms with Gasteiger partial charge in [0.05, 0.1) is 13.2 Å². The Morgan fingerprint density at radius 2 is 1.50 bits per heavy atom. The van der Waals surface area contributed by atoms with Crippen LogP contribution in [0.4, 0.5) is 9.59 Å². The molecular weight excluding hydrogens is 446 g/mol. The van der Waals surface area contributed by atoms with Gasteiger partial charge >= 0.3 is 18.3 Å². The maximum atomic E-state index is 12.3. The van der Waals surface area contributed by atoms with Crippen LogP contribution < -0.4 is 14.2 Å². The Bertz CT molecular complexity index is 1060. The Labute approximate surface area is 196 Å². The van der Waals surface area contributed by atoms with E-state index in [1.807, 2.05) is 6.07 Å². The van der Waals surface area contributed by atoms with E-state index in [1.165, 1.54) is 24.3 Å². The second-order valence-corrected chi connectivity index (χ2v) is 6.24. The number of hydrogen-bond donors (Lipinski definition) is 0. The predicted molar refractivity (Wildman–Crippen MR) is 118 cm³/mol. The summed E-state index contributed by atoms with van der Waals surface area (Å²) in [6.07, 6.45) is -0.804. The zero-order valence-electron chi connectivity index (χ0n) is 18.6. The van der Waals surface area contributed by atoms with E-state index >= 15 is 0 Å². The Morgan fingerprint density at radius 3 is 2.12 bits per heavy atom. The number of esters is 1. The second kappa shape index (κ2) is 13.8. The van der Waals surface area contributed by atoms with Gasteiger partial charge in [-0.05, 0) is 49.8 Å². The number of rotatable bonds is 10. The van der Waals surface area contributed by atoms with Crippen LogP contribution in [0, 0.1) is 11.3 Å². The highest BCUT2D eigenvalue weighted by Crippen LogP contribution is 2.30. The van der Waals surface area contributed by atoms with Crippen molar-refractivity contribution in [3.63, 3.8) is 0 Å². The van der Waals surface area contributed by atoms with Crippen LogP contribution in [0.3, 0.4) is 0 Å². The summed E-state index contributed by atoms with van der Waals surface area (Å²) in [7, 11) is 0. The predicted octanol–water partition coefficient (Wildman–Crippen LogP) is 4.29. The van der Waals surface area contributed by atoms with E-state index in [0.717, 1.165) is 0 Å². The van der Waals surface area contributed by atoms with Crippen LogP contribution in [0.5, 0.6) is 17.2 Å². The van der Waals surface area contributed by atoms with Gasteiger partial charge in [0.2, 0.25) is 0 Å². The van der Waals surface area contributed by atoms with Gasteiger partial charge in [0.15, 0.2) is 11.5 Å². The lowest BCUT2D eigenvalue weighted by molar-refractivity contribution is -0.139. The van der Waals surface area contributed by atoms with Crippen molar-refractivity contribution in [3.8, 4) is 23.3 Å². The van der Waals surface area contributed by atoms with Crippen molar-refractivity contribution in [2.24, 2.45) is 0 Å². The summed E-state index contributed by atoms with van der Waals surface area (Å²) in [6, 6.07) is 14.8. The number of carbonyl (C=O) groups excluding carboxylic acids is 3. The van der Waals surface area contributed by atoms with Gasteiger partial charge in [-0.25, -0.2) is 14.4 Å². The number of nitrogens with zero attached hydrogens (tertiary/aromatic N) is 1. The largest absolute Gasteiger partial charge is 0.513 e. The third-order valence-electron chi connectivity index (χ3n) is 3.86. The lowest BCUT2D eigenvalue weighted by atomic mass is 10.1. The Balaban J connectivity index is 2.11. The van der Waals surface area contributed by atoms with E-state index in [9.17, 15) is 19.6 Å². The molecule has 0 aliphatic carbocycles. The molecule has 0 aliphatic heterocycles. The molecule has 0 fully saturated rings. The third kappa shape index (κ3) is 8.55. The van der Waals surface area contributed by atoms with Gasteiger partial charge in [-0.1, -0.05) is 24.3 Å². The van der Waals surface area contributed by atoms with Gasteiger partial charge in [0.25, 0.3) is 0 Å². The van der Waals surface area contributed by atoms with Crippen LogP contribution in [0.25, 0.3) is 6.08 Å². The Hall–Kier alpha value is -4.52. The maximum absolute atomic E-state index is 12.3. The minimum absolute atomic E-state index is 0.0604.